The van der Waals surface area contributed by atoms with Crippen molar-refractivity contribution in [1.82, 2.24) is 10.3 Å². The van der Waals surface area contributed by atoms with Gasteiger partial charge in [-0.05, 0) is 23.8 Å². The number of nitrogens with one attached hydrogen (secondary N) is 2. The highest BCUT2D eigenvalue weighted by molar-refractivity contribution is 7.92. The van der Waals surface area contributed by atoms with Crippen LogP contribution in [0.4, 0.5) is 23.2 Å². The smallest absolute Gasteiger partial charge is 0.417 e. The summed E-state index contributed by atoms with van der Waals surface area (Å²) in [4.78, 5) is 15.7. The number of alkyl halides is 3. The standard InChI is InChI=1S/C20H17F4N3O4S/c1-4-13-7-12(8-16(21)19(13)27-32(3,29)30)10-25-17(28)6-5-14-11-26-18(31-2)9-15(14)20(22,23)24/h1,5-9,11,27H,10H2,2-3H3,(H,25,28)/b6-5+. The Hall–Kier alpha value is -3.59. The molecule has 0 unspecified atom stereocenters. The number of nitrogens with zero attached hydrogens (tertiary/aromatic N) is 1. The van der Waals surface area contributed by atoms with Crippen LogP contribution in [0.15, 0.2) is 30.5 Å². The first-order valence-electron chi connectivity index (χ1n) is 8.68. The minimum absolute atomic E-state index is 0.0886. The Morgan fingerprint density at radius 1 is 1.31 bits per heavy atom. The van der Waals surface area contributed by atoms with E-state index in [1.165, 1.54) is 13.2 Å². The first-order chi connectivity index (χ1) is 14.8. The van der Waals surface area contributed by atoms with Crippen LogP contribution in [0.25, 0.3) is 6.08 Å². The Morgan fingerprint density at radius 2 is 2.00 bits per heavy atom. The second-order valence-corrected chi connectivity index (χ2v) is 8.13. The number of ether oxygens (including phenoxy) is 1. The number of aromatic nitrogens is 1. The Labute approximate surface area is 181 Å². The summed E-state index contributed by atoms with van der Waals surface area (Å²) in [5, 5.41) is 2.37. The lowest BCUT2D eigenvalue weighted by Gasteiger charge is -2.12. The molecule has 2 aromatic rings. The van der Waals surface area contributed by atoms with E-state index < -0.39 is 39.2 Å². The molecule has 0 radical (unpaired) electrons. The van der Waals surface area contributed by atoms with Gasteiger partial charge in [-0.3, -0.25) is 9.52 Å². The lowest BCUT2D eigenvalue weighted by molar-refractivity contribution is -0.138. The SMILES string of the molecule is C#Cc1cc(CNC(=O)/C=C/c2cnc(OC)cc2C(F)(F)F)cc(F)c1NS(C)(=O)=O. The number of carbonyl (C=O) groups excluding carboxylic acids is 1. The van der Waals surface area contributed by atoms with E-state index in [1.54, 1.807) is 0 Å². The number of benzene rings is 1. The summed E-state index contributed by atoms with van der Waals surface area (Å²) < 4.78 is 83.2. The second-order valence-electron chi connectivity index (χ2n) is 6.38. The molecule has 7 nitrogen and oxygen atoms in total. The van der Waals surface area contributed by atoms with Crippen LogP contribution >= 0.6 is 0 Å². The van der Waals surface area contributed by atoms with Gasteiger partial charge in [-0.1, -0.05) is 5.92 Å². The maximum absolute atomic E-state index is 14.3. The number of hydrogen-bond acceptors (Lipinski definition) is 5. The summed E-state index contributed by atoms with van der Waals surface area (Å²) in [6.07, 6.45) is 4.12. The van der Waals surface area contributed by atoms with E-state index in [1.807, 2.05) is 4.72 Å². The molecule has 0 aliphatic heterocycles. The van der Waals surface area contributed by atoms with Gasteiger partial charge in [-0.25, -0.2) is 17.8 Å². The molecular formula is C20H17F4N3O4S. The van der Waals surface area contributed by atoms with Gasteiger partial charge in [0.25, 0.3) is 0 Å². The van der Waals surface area contributed by atoms with Gasteiger partial charge in [0.15, 0.2) is 0 Å². The molecule has 12 heteroatoms. The van der Waals surface area contributed by atoms with Crippen molar-refractivity contribution in [1.29, 1.82) is 0 Å². The largest absolute Gasteiger partial charge is 0.481 e. The molecule has 0 aliphatic carbocycles. The molecule has 0 saturated heterocycles. The number of terminal acetylenes is 1. The molecule has 0 spiro atoms. The molecule has 0 saturated carbocycles. The van der Waals surface area contributed by atoms with Crippen LogP contribution in [0, 0.1) is 18.2 Å². The van der Waals surface area contributed by atoms with Crippen molar-refractivity contribution >= 4 is 27.7 Å². The highest BCUT2D eigenvalue weighted by atomic mass is 32.2. The zero-order valence-electron chi connectivity index (χ0n) is 16.7. The van der Waals surface area contributed by atoms with E-state index in [9.17, 15) is 30.8 Å². The summed E-state index contributed by atoms with van der Waals surface area (Å²) in [6, 6.07) is 2.96. The quantitative estimate of drug-likeness (QED) is 0.368. The molecule has 1 amide bonds. The third kappa shape index (κ3) is 6.71. The molecule has 1 aromatic carbocycles. The van der Waals surface area contributed by atoms with Crippen LogP contribution in [0.2, 0.25) is 0 Å². The highest BCUT2D eigenvalue weighted by Gasteiger charge is 2.33. The molecular weight excluding hydrogens is 454 g/mol. The van der Waals surface area contributed by atoms with Crippen molar-refractivity contribution in [3.05, 3.63) is 58.5 Å². The molecule has 2 rings (SSSR count). The molecule has 2 N–H and O–H groups in total. The first-order valence-corrected chi connectivity index (χ1v) is 10.6. The summed E-state index contributed by atoms with van der Waals surface area (Å²) in [6.45, 7) is -0.221. The van der Waals surface area contributed by atoms with Gasteiger partial charge < -0.3 is 10.1 Å². The normalized spacial score (nSPS) is 11.8. The molecule has 32 heavy (non-hydrogen) atoms. The van der Waals surface area contributed by atoms with Crippen LogP contribution in [0.1, 0.15) is 22.3 Å². The Bertz CT molecular complexity index is 1200. The highest BCUT2D eigenvalue weighted by Crippen LogP contribution is 2.34. The molecule has 0 aliphatic rings. The molecule has 0 bridgehead atoms. The van der Waals surface area contributed by atoms with Gasteiger partial charge in [-0.15, -0.1) is 6.42 Å². The van der Waals surface area contributed by atoms with Gasteiger partial charge in [0.2, 0.25) is 21.8 Å². The molecule has 0 fully saturated rings. The number of amides is 1. The number of anilines is 1. The van der Waals surface area contributed by atoms with Gasteiger partial charge in [0, 0.05) is 30.4 Å². The lowest BCUT2D eigenvalue weighted by atomic mass is 10.1. The van der Waals surface area contributed by atoms with Gasteiger partial charge >= 0.3 is 6.18 Å². The predicted molar refractivity (Wildman–Crippen MR) is 109 cm³/mol. The molecule has 1 heterocycles. The van der Waals surface area contributed by atoms with Gasteiger partial charge in [0.05, 0.1) is 30.2 Å². The number of carbonyl (C=O) groups is 1. The van der Waals surface area contributed by atoms with Crippen molar-refractivity contribution in [2.75, 3.05) is 18.1 Å². The first kappa shape index (κ1) is 24.7. The summed E-state index contributed by atoms with van der Waals surface area (Å²) in [5.74, 6) is 0.187. The third-order valence-electron chi connectivity index (χ3n) is 3.90. The van der Waals surface area contributed by atoms with Crippen LogP contribution in [0.3, 0.4) is 0 Å². The van der Waals surface area contributed by atoms with Gasteiger partial charge in [-0.2, -0.15) is 13.2 Å². The summed E-state index contributed by atoms with van der Waals surface area (Å²) in [7, 11) is -2.61. The van der Waals surface area contributed by atoms with E-state index in [2.05, 4.69) is 21.0 Å². The van der Waals surface area contributed by atoms with Crippen molar-refractivity contribution in [3.63, 3.8) is 0 Å². The second kappa shape index (κ2) is 9.69. The summed E-state index contributed by atoms with van der Waals surface area (Å²) >= 11 is 0. The Kier molecular flexibility index (Phi) is 7.48. The zero-order chi connectivity index (χ0) is 24.1. The topological polar surface area (TPSA) is 97.4 Å². The predicted octanol–water partition coefficient (Wildman–Crippen LogP) is 2.93. The molecule has 1 aromatic heterocycles. The van der Waals surface area contributed by atoms with E-state index >= 15 is 0 Å². The van der Waals surface area contributed by atoms with E-state index in [0.717, 1.165) is 30.7 Å². The fourth-order valence-corrected chi connectivity index (χ4v) is 3.10. The van der Waals surface area contributed by atoms with Crippen molar-refractivity contribution < 1.29 is 35.5 Å². The minimum atomic E-state index is -4.70. The Morgan fingerprint density at radius 3 is 2.56 bits per heavy atom. The zero-order valence-corrected chi connectivity index (χ0v) is 17.6. The van der Waals surface area contributed by atoms with E-state index in [0.29, 0.717) is 6.07 Å². The third-order valence-corrected chi connectivity index (χ3v) is 4.47. The van der Waals surface area contributed by atoms with Crippen molar-refractivity contribution in [2.24, 2.45) is 0 Å². The van der Waals surface area contributed by atoms with Crippen LogP contribution in [-0.2, 0) is 27.5 Å². The maximum Gasteiger partial charge on any atom is 0.417 e. The van der Waals surface area contributed by atoms with Crippen LogP contribution in [0.5, 0.6) is 5.88 Å². The number of pyridine rings is 1. The van der Waals surface area contributed by atoms with Crippen molar-refractivity contribution in [3.8, 4) is 18.2 Å². The number of hydrogen-bond donors (Lipinski definition) is 2. The van der Waals surface area contributed by atoms with Crippen LogP contribution in [-0.4, -0.2) is 32.7 Å². The number of halogens is 4. The fourth-order valence-electron chi connectivity index (χ4n) is 2.52. The van der Waals surface area contributed by atoms with E-state index in [-0.39, 0.29) is 29.1 Å². The average Bonchev–Trinajstić information content (AvgIpc) is 2.70. The number of rotatable bonds is 7. The molecule has 0 atom stereocenters. The summed E-state index contributed by atoms with van der Waals surface area (Å²) in [5.41, 5.74) is -1.68. The average molecular weight is 471 g/mol. The van der Waals surface area contributed by atoms with Gasteiger partial charge in [0.1, 0.15) is 5.82 Å². The lowest BCUT2D eigenvalue weighted by Crippen LogP contribution is -2.21. The number of sulfonamides is 1. The molecule has 170 valence electrons. The minimum Gasteiger partial charge on any atom is -0.481 e. The van der Waals surface area contributed by atoms with Crippen molar-refractivity contribution in [2.45, 2.75) is 12.7 Å². The van der Waals surface area contributed by atoms with E-state index in [4.69, 9.17) is 6.42 Å². The number of methoxy groups -OCH3 is 1. The maximum atomic E-state index is 14.3. The Balaban J connectivity index is 2.17. The van der Waals surface area contributed by atoms with Crippen LogP contribution < -0.4 is 14.8 Å². The fraction of sp³-hybridized carbons (Fsp3) is 0.200. The monoisotopic (exact) mass is 471 g/mol.